The van der Waals surface area contributed by atoms with Gasteiger partial charge >= 0.3 is 0 Å². The van der Waals surface area contributed by atoms with Gasteiger partial charge in [-0.15, -0.1) is 0 Å². The number of halogens is 2. The molecule has 2 aromatic carbocycles. The number of benzene rings is 2. The van der Waals surface area contributed by atoms with E-state index in [9.17, 15) is 4.79 Å². The molecule has 3 nitrogen and oxygen atoms in total. The second kappa shape index (κ2) is 4.93. The van der Waals surface area contributed by atoms with Crippen LogP contribution in [0.5, 0.6) is 0 Å². The maximum Gasteiger partial charge on any atom is 0.258 e. The van der Waals surface area contributed by atoms with Gasteiger partial charge in [-0.25, -0.2) is 4.98 Å². The van der Waals surface area contributed by atoms with E-state index >= 15 is 0 Å². The Bertz CT molecular complexity index is 871. The van der Waals surface area contributed by atoms with Crippen LogP contribution in [0.1, 0.15) is 5.82 Å². The maximum atomic E-state index is 12.0. The minimum absolute atomic E-state index is 0.144. The molecule has 0 amide bonds. The van der Waals surface area contributed by atoms with Crippen LogP contribution in [0.3, 0.4) is 0 Å². The Morgan fingerprint density at radius 3 is 2.45 bits per heavy atom. The van der Waals surface area contributed by atoms with Crippen LogP contribution in [-0.2, 0) is 0 Å². The number of H-pyrrole nitrogens is 1. The van der Waals surface area contributed by atoms with E-state index in [0.717, 1.165) is 11.1 Å². The molecule has 3 aromatic rings. The van der Waals surface area contributed by atoms with E-state index in [1.165, 1.54) is 0 Å². The predicted molar refractivity (Wildman–Crippen MR) is 82.6 cm³/mol. The third-order valence-corrected chi connectivity index (χ3v) is 3.82. The molecule has 0 atom stereocenters. The fourth-order valence-corrected chi connectivity index (χ4v) is 2.41. The first-order chi connectivity index (χ1) is 9.54. The van der Waals surface area contributed by atoms with Crippen molar-refractivity contribution in [3.63, 3.8) is 0 Å². The third-order valence-electron chi connectivity index (χ3n) is 3.08. The largest absolute Gasteiger partial charge is 0.310 e. The monoisotopic (exact) mass is 304 g/mol. The van der Waals surface area contributed by atoms with Crippen molar-refractivity contribution in [3.05, 3.63) is 62.6 Å². The summed E-state index contributed by atoms with van der Waals surface area (Å²) in [6.07, 6.45) is 0. The smallest absolute Gasteiger partial charge is 0.258 e. The van der Waals surface area contributed by atoms with Crippen LogP contribution in [0.2, 0.25) is 10.0 Å². The van der Waals surface area contributed by atoms with Crippen molar-refractivity contribution in [1.82, 2.24) is 9.97 Å². The van der Waals surface area contributed by atoms with Gasteiger partial charge in [0, 0.05) is 0 Å². The molecule has 0 fully saturated rings. The molecule has 100 valence electrons. The molecule has 0 saturated heterocycles. The minimum Gasteiger partial charge on any atom is -0.310 e. The second-order valence-corrected chi connectivity index (χ2v) is 5.33. The van der Waals surface area contributed by atoms with Gasteiger partial charge in [0.1, 0.15) is 5.82 Å². The normalized spacial score (nSPS) is 10.9. The van der Waals surface area contributed by atoms with Gasteiger partial charge in [-0.3, -0.25) is 4.79 Å². The number of aryl methyl sites for hydroxylation is 1. The Morgan fingerprint density at radius 1 is 1.00 bits per heavy atom. The van der Waals surface area contributed by atoms with Crippen LogP contribution in [-0.4, -0.2) is 9.97 Å². The summed E-state index contributed by atoms with van der Waals surface area (Å²) in [5, 5.41) is 1.55. The van der Waals surface area contributed by atoms with Gasteiger partial charge in [0.05, 0.1) is 20.9 Å². The molecule has 0 radical (unpaired) electrons. The van der Waals surface area contributed by atoms with Crippen LogP contribution in [0.15, 0.2) is 41.2 Å². The van der Waals surface area contributed by atoms with E-state index in [4.69, 9.17) is 23.2 Å². The van der Waals surface area contributed by atoms with Crippen molar-refractivity contribution < 1.29 is 0 Å². The van der Waals surface area contributed by atoms with E-state index < -0.39 is 0 Å². The molecule has 5 heteroatoms. The average Bonchev–Trinajstić information content (AvgIpc) is 2.41. The number of nitrogens with one attached hydrogen (secondary N) is 1. The van der Waals surface area contributed by atoms with Gasteiger partial charge in [0.15, 0.2) is 0 Å². The first-order valence-corrected chi connectivity index (χ1v) is 6.76. The zero-order valence-electron chi connectivity index (χ0n) is 10.6. The molecule has 1 N–H and O–H groups in total. The van der Waals surface area contributed by atoms with Crippen molar-refractivity contribution in [3.8, 4) is 11.1 Å². The highest BCUT2D eigenvalue weighted by Crippen LogP contribution is 2.29. The Labute approximate surface area is 125 Å². The standard InChI is InChI=1S/C15H10Cl2N2O/c1-8-18-14-5-3-9(6-11(14)15(20)19-8)10-2-4-12(16)13(17)7-10/h2-7H,1H3,(H,18,19,20). The number of hydrogen-bond acceptors (Lipinski definition) is 2. The molecule has 0 spiro atoms. The van der Waals surface area contributed by atoms with Gasteiger partial charge in [0.2, 0.25) is 0 Å². The van der Waals surface area contributed by atoms with Crippen LogP contribution < -0.4 is 5.56 Å². The average molecular weight is 305 g/mol. The van der Waals surface area contributed by atoms with Gasteiger partial charge in [0.25, 0.3) is 5.56 Å². The van der Waals surface area contributed by atoms with Crippen molar-refractivity contribution >= 4 is 34.1 Å². The van der Waals surface area contributed by atoms with E-state index in [0.29, 0.717) is 26.8 Å². The summed E-state index contributed by atoms with van der Waals surface area (Å²) in [6, 6.07) is 10.9. The van der Waals surface area contributed by atoms with Gasteiger partial charge < -0.3 is 4.98 Å². The van der Waals surface area contributed by atoms with Crippen LogP contribution in [0.25, 0.3) is 22.0 Å². The lowest BCUT2D eigenvalue weighted by Crippen LogP contribution is -2.09. The van der Waals surface area contributed by atoms with E-state index in [1.807, 2.05) is 18.2 Å². The molecular formula is C15H10Cl2N2O. The molecule has 0 saturated carbocycles. The fourth-order valence-electron chi connectivity index (χ4n) is 2.11. The molecular weight excluding hydrogens is 295 g/mol. The lowest BCUT2D eigenvalue weighted by Gasteiger charge is -2.05. The first-order valence-electron chi connectivity index (χ1n) is 6.01. The zero-order chi connectivity index (χ0) is 14.3. The van der Waals surface area contributed by atoms with Crippen molar-refractivity contribution in [2.75, 3.05) is 0 Å². The lowest BCUT2D eigenvalue weighted by atomic mass is 10.0. The van der Waals surface area contributed by atoms with Gasteiger partial charge in [-0.2, -0.15) is 0 Å². The quantitative estimate of drug-likeness (QED) is 0.732. The Hall–Kier alpha value is -1.84. The summed E-state index contributed by atoms with van der Waals surface area (Å²) < 4.78 is 0. The van der Waals surface area contributed by atoms with Crippen molar-refractivity contribution in [1.29, 1.82) is 0 Å². The molecule has 0 aliphatic rings. The Balaban J connectivity index is 2.22. The molecule has 3 rings (SSSR count). The highest BCUT2D eigenvalue weighted by molar-refractivity contribution is 6.42. The molecule has 0 bridgehead atoms. The summed E-state index contributed by atoms with van der Waals surface area (Å²) in [5.74, 6) is 0.602. The Morgan fingerprint density at radius 2 is 1.70 bits per heavy atom. The number of nitrogens with zero attached hydrogens (tertiary/aromatic N) is 1. The number of hydrogen-bond donors (Lipinski definition) is 1. The summed E-state index contributed by atoms with van der Waals surface area (Å²) in [4.78, 5) is 19.0. The van der Waals surface area contributed by atoms with Crippen LogP contribution >= 0.6 is 23.2 Å². The highest BCUT2D eigenvalue weighted by atomic mass is 35.5. The maximum absolute atomic E-state index is 12.0. The van der Waals surface area contributed by atoms with Gasteiger partial charge in [-0.05, 0) is 42.3 Å². The first kappa shape index (κ1) is 13.2. The van der Waals surface area contributed by atoms with Crippen LogP contribution in [0.4, 0.5) is 0 Å². The number of fused-ring (bicyclic) bond motifs is 1. The number of aromatic nitrogens is 2. The molecule has 0 aliphatic carbocycles. The van der Waals surface area contributed by atoms with E-state index in [1.54, 1.807) is 25.1 Å². The van der Waals surface area contributed by atoms with Crippen LogP contribution in [0, 0.1) is 6.92 Å². The molecule has 0 aliphatic heterocycles. The van der Waals surface area contributed by atoms with E-state index in [2.05, 4.69) is 9.97 Å². The zero-order valence-corrected chi connectivity index (χ0v) is 12.1. The fraction of sp³-hybridized carbons (Fsp3) is 0.0667. The number of rotatable bonds is 1. The van der Waals surface area contributed by atoms with Crippen molar-refractivity contribution in [2.24, 2.45) is 0 Å². The summed E-state index contributed by atoms with van der Waals surface area (Å²) >= 11 is 11.9. The second-order valence-electron chi connectivity index (χ2n) is 4.51. The molecule has 1 heterocycles. The summed E-state index contributed by atoms with van der Waals surface area (Å²) in [7, 11) is 0. The minimum atomic E-state index is -0.144. The Kier molecular flexibility index (Phi) is 3.24. The topological polar surface area (TPSA) is 45.8 Å². The lowest BCUT2D eigenvalue weighted by molar-refractivity contribution is 1.06. The highest BCUT2D eigenvalue weighted by Gasteiger charge is 2.06. The number of aromatic amines is 1. The van der Waals surface area contributed by atoms with Gasteiger partial charge in [-0.1, -0.05) is 35.3 Å². The molecule has 1 aromatic heterocycles. The van der Waals surface area contributed by atoms with Crippen molar-refractivity contribution in [2.45, 2.75) is 6.92 Å². The predicted octanol–water partition coefficient (Wildman–Crippen LogP) is 4.21. The molecule has 20 heavy (non-hydrogen) atoms. The van der Waals surface area contributed by atoms with E-state index in [-0.39, 0.29) is 5.56 Å². The third kappa shape index (κ3) is 2.30. The summed E-state index contributed by atoms with van der Waals surface area (Å²) in [6.45, 7) is 1.76. The molecule has 0 unspecified atom stereocenters. The summed E-state index contributed by atoms with van der Waals surface area (Å²) in [5.41, 5.74) is 2.33. The SMILES string of the molecule is Cc1nc2ccc(-c3ccc(Cl)c(Cl)c3)cc2c(=O)[nH]1.